The summed E-state index contributed by atoms with van der Waals surface area (Å²) in [4.78, 5) is 24.2. The van der Waals surface area contributed by atoms with E-state index in [1.54, 1.807) is 5.57 Å². The quantitative estimate of drug-likeness (QED) is 0.633. The zero-order valence-corrected chi connectivity index (χ0v) is 13.0. The normalized spacial score (nSPS) is 45.4. The lowest BCUT2D eigenvalue weighted by Crippen LogP contribution is -2.41. The maximum Gasteiger partial charge on any atom is 0.155 e. The molecule has 2 nitrogen and oxygen atoms in total. The van der Waals surface area contributed by atoms with Crippen molar-refractivity contribution in [2.75, 3.05) is 0 Å². The van der Waals surface area contributed by atoms with Gasteiger partial charge in [-0.15, -0.1) is 0 Å². The van der Waals surface area contributed by atoms with Gasteiger partial charge in [0.25, 0.3) is 0 Å². The van der Waals surface area contributed by atoms with Gasteiger partial charge in [-0.05, 0) is 50.0 Å². The summed E-state index contributed by atoms with van der Waals surface area (Å²) in [7, 11) is 0. The first-order valence-corrected chi connectivity index (χ1v) is 8.48. The average molecular weight is 284 g/mol. The summed E-state index contributed by atoms with van der Waals surface area (Å²) in [5, 5.41) is 0. The number of carbonyl (C=O) groups excluding carboxylic acids is 2. The lowest BCUT2D eigenvalue weighted by Gasteiger charge is -2.47. The highest BCUT2D eigenvalue weighted by molar-refractivity contribution is 5.92. The molecule has 0 unspecified atom stereocenters. The summed E-state index contributed by atoms with van der Waals surface area (Å²) < 4.78 is 0. The first-order valence-electron chi connectivity index (χ1n) is 8.48. The van der Waals surface area contributed by atoms with Crippen LogP contribution in [0.5, 0.6) is 0 Å². The van der Waals surface area contributed by atoms with Crippen molar-refractivity contribution < 1.29 is 9.59 Å². The van der Waals surface area contributed by atoms with Crippen LogP contribution in [-0.2, 0) is 9.59 Å². The monoisotopic (exact) mass is 284 g/mol. The van der Waals surface area contributed by atoms with E-state index in [9.17, 15) is 9.59 Å². The summed E-state index contributed by atoms with van der Waals surface area (Å²) in [6.07, 6.45) is 10.2. The van der Waals surface area contributed by atoms with E-state index >= 15 is 0 Å². The Balaban J connectivity index is 1.72. The fourth-order valence-corrected chi connectivity index (χ4v) is 5.64. The molecule has 0 aliphatic heterocycles. The molecule has 5 atom stereocenters. The first-order chi connectivity index (χ1) is 10.0. The van der Waals surface area contributed by atoms with Crippen molar-refractivity contribution in [2.45, 2.75) is 52.4 Å². The SMILES string of the molecule is C[C@@H]1C[C@H]2[C@@H]3CCC4=CC(=O)CC[C@@H]4C3=CC[C@]2(C)C1=O. The minimum absolute atomic E-state index is 0.112. The van der Waals surface area contributed by atoms with E-state index in [1.807, 2.05) is 6.08 Å². The van der Waals surface area contributed by atoms with E-state index in [0.29, 0.717) is 35.7 Å². The molecule has 0 bridgehead atoms. The Morgan fingerprint density at radius 3 is 2.81 bits per heavy atom. The Labute approximate surface area is 126 Å². The molecule has 2 saturated carbocycles. The van der Waals surface area contributed by atoms with Gasteiger partial charge in [-0.2, -0.15) is 0 Å². The molecule has 0 radical (unpaired) electrons. The molecule has 0 aromatic heterocycles. The van der Waals surface area contributed by atoms with E-state index in [4.69, 9.17) is 0 Å². The molecule has 21 heavy (non-hydrogen) atoms. The molecule has 4 rings (SSSR count). The van der Waals surface area contributed by atoms with Crippen LogP contribution < -0.4 is 0 Å². The van der Waals surface area contributed by atoms with Crippen molar-refractivity contribution in [3.63, 3.8) is 0 Å². The zero-order valence-electron chi connectivity index (χ0n) is 13.0. The Hall–Kier alpha value is -1.18. The summed E-state index contributed by atoms with van der Waals surface area (Å²) in [5.74, 6) is 2.68. The Morgan fingerprint density at radius 2 is 2.00 bits per heavy atom. The molecule has 0 heterocycles. The molecule has 0 spiro atoms. The summed E-state index contributed by atoms with van der Waals surface area (Å²) in [5.41, 5.74) is 2.83. The Kier molecular flexibility index (Phi) is 2.83. The van der Waals surface area contributed by atoms with Gasteiger partial charge < -0.3 is 0 Å². The Bertz CT molecular complexity index is 582. The highest BCUT2D eigenvalue weighted by Gasteiger charge is 2.55. The molecule has 2 heteroatoms. The number of allylic oxidation sites excluding steroid dienone is 4. The smallest absolute Gasteiger partial charge is 0.155 e. The molecule has 112 valence electrons. The van der Waals surface area contributed by atoms with E-state index in [-0.39, 0.29) is 11.3 Å². The van der Waals surface area contributed by atoms with Crippen LogP contribution in [0.25, 0.3) is 0 Å². The first kappa shape index (κ1) is 13.5. The van der Waals surface area contributed by atoms with Crippen molar-refractivity contribution in [1.29, 1.82) is 0 Å². The second-order valence-corrected chi connectivity index (χ2v) is 7.86. The maximum absolute atomic E-state index is 12.6. The van der Waals surface area contributed by atoms with Gasteiger partial charge in [0.05, 0.1) is 0 Å². The van der Waals surface area contributed by atoms with Crippen LogP contribution in [-0.4, -0.2) is 11.6 Å². The lowest BCUT2D eigenvalue weighted by atomic mass is 9.57. The number of hydrogen-bond acceptors (Lipinski definition) is 2. The average Bonchev–Trinajstić information content (AvgIpc) is 2.70. The Morgan fingerprint density at radius 1 is 1.19 bits per heavy atom. The second kappa shape index (κ2) is 4.41. The number of carbonyl (C=O) groups is 2. The predicted molar refractivity (Wildman–Crippen MR) is 81.6 cm³/mol. The van der Waals surface area contributed by atoms with Crippen LogP contribution >= 0.6 is 0 Å². The third-order valence-corrected chi connectivity index (χ3v) is 6.73. The van der Waals surface area contributed by atoms with Gasteiger partial charge in [-0.25, -0.2) is 0 Å². The van der Waals surface area contributed by atoms with E-state index in [1.165, 1.54) is 5.57 Å². The van der Waals surface area contributed by atoms with Crippen molar-refractivity contribution in [3.8, 4) is 0 Å². The topological polar surface area (TPSA) is 34.1 Å². The molecule has 4 aliphatic rings. The van der Waals surface area contributed by atoms with Crippen LogP contribution in [0, 0.1) is 29.1 Å². The molecule has 0 N–H and O–H groups in total. The summed E-state index contributed by atoms with van der Waals surface area (Å²) >= 11 is 0. The molecular weight excluding hydrogens is 260 g/mol. The number of hydrogen-bond donors (Lipinski definition) is 0. The number of fused-ring (bicyclic) bond motifs is 5. The van der Waals surface area contributed by atoms with Crippen LogP contribution in [0.3, 0.4) is 0 Å². The van der Waals surface area contributed by atoms with Crippen LogP contribution in [0.15, 0.2) is 23.3 Å². The van der Waals surface area contributed by atoms with Crippen LogP contribution in [0.2, 0.25) is 0 Å². The minimum atomic E-state index is -0.112. The highest BCUT2D eigenvalue weighted by atomic mass is 16.1. The third kappa shape index (κ3) is 1.77. The fourth-order valence-electron chi connectivity index (χ4n) is 5.64. The third-order valence-electron chi connectivity index (χ3n) is 6.73. The molecule has 0 aromatic rings. The van der Waals surface area contributed by atoms with E-state index in [0.717, 1.165) is 32.1 Å². The lowest BCUT2D eigenvalue weighted by molar-refractivity contribution is -0.129. The largest absolute Gasteiger partial charge is 0.299 e. The maximum atomic E-state index is 12.6. The van der Waals surface area contributed by atoms with Gasteiger partial charge in [-0.3, -0.25) is 9.59 Å². The van der Waals surface area contributed by atoms with E-state index in [2.05, 4.69) is 19.9 Å². The van der Waals surface area contributed by atoms with Gasteiger partial charge in [0.1, 0.15) is 5.78 Å². The number of Topliss-reactive ketones (excluding diaryl/α,β-unsaturated/α-hetero) is 1. The highest BCUT2D eigenvalue weighted by Crippen LogP contribution is 2.59. The van der Waals surface area contributed by atoms with Gasteiger partial charge >= 0.3 is 0 Å². The van der Waals surface area contributed by atoms with Crippen LogP contribution in [0.1, 0.15) is 52.4 Å². The van der Waals surface area contributed by atoms with Gasteiger partial charge in [0, 0.05) is 23.7 Å². The zero-order chi connectivity index (χ0) is 14.8. The molecular formula is C19H24O2. The van der Waals surface area contributed by atoms with Crippen LogP contribution in [0.4, 0.5) is 0 Å². The second-order valence-electron chi connectivity index (χ2n) is 7.86. The molecule has 0 aromatic carbocycles. The standard InChI is InChI=1S/C19H24O2/c1-11-9-17-16-5-3-12-10-13(20)4-6-14(12)15(16)7-8-19(17,2)18(11)21/h7,10-11,14,16-17H,3-6,8-9H2,1-2H3/t11-,14+,16-,17+,19+/m1/s1. The number of rotatable bonds is 0. The molecule has 2 fully saturated rings. The van der Waals surface area contributed by atoms with Crippen molar-refractivity contribution in [1.82, 2.24) is 0 Å². The summed E-state index contributed by atoms with van der Waals surface area (Å²) in [6, 6.07) is 0. The van der Waals surface area contributed by atoms with Crippen molar-refractivity contribution in [3.05, 3.63) is 23.3 Å². The molecule has 4 aliphatic carbocycles. The van der Waals surface area contributed by atoms with Gasteiger partial charge in [-0.1, -0.05) is 31.1 Å². The van der Waals surface area contributed by atoms with Crippen molar-refractivity contribution >= 4 is 11.6 Å². The fraction of sp³-hybridized carbons (Fsp3) is 0.684. The van der Waals surface area contributed by atoms with Gasteiger partial charge in [0.15, 0.2) is 5.78 Å². The number of ketones is 2. The van der Waals surface area contributed by atoms with E-state index < -0.39 is 0 Å². The molecule has 0 amide bonds. The summed E-state index contributed by atoms with van der Waals surface area (Å²) in [6.45, 7) is 4.31. The van der Waals surface area contributed by atoms with Crippen molar-refractivity contribution in [2.24, 2.45) is 29.1 Å². The molecule has 0 saturated heterocycles. The minimum Gasteiger partial charge on any atom is -0.299 e. The predicted octanol–water partition coefficient (Wildman–Crippen LogP) is 3.86. The van der Waals surface area contributed by atoms with Gasteiger partial charge in [0.2, 0.25) is 0 Å².